The van der Waals surface area contributed by atoms with Crippen LogP contribution in [0.3, 0.4) is 0 Å². The number of nitrogens with two attached hydrogens (primary N) is 1. The van der Waals surface area contributed by atoms with Crippen LogP contribution in [0.5, 0.6) is 0 Å². The zero-order chi connectivity index (χ0) is 14.0. The molecule has 0 spiro atoms. The molecule has 2 bridgehead atoms. The smallest absolute Gasteiger partial charge is 0.0587 e. The summed E-state index contributed by atoms with van der Waals surface area (Å²) in [5.41, 5.74) is 9.42. The lowest BCUT2D eigenvalue weighted by atomic mass is 9.79. The Morgan fingerprint density at radius 3 is 2.30 bits per heavy atom. The molecular weight excluding hydrogens is 248 g/mol. The topological polar surface area (TPSA) is 47.3 Å². The summed E-state index contributed by atoms with van der Waals surface area (Å²) in [6.45, 7) is 2.39. The molecule has 1 saturated carbocycles. The summed E-state index contributed by atoms with van der Waals surface area (Å²) in [7, 11) is 1.76. The van der Waals surface area contributed by atoms with Gasteiger partial charge in [0.15, 0.2) is 0 Å². The van der Waals surface area contributed by atoms with Crippen molar-refractivity contribution >= 4 is 0 Å². The highest BCUT2D eigenvalue weighted by Crippen LogP contribution is 2.46. The van der Waals surface area contributed by atoms with E-state index in [-0.39, 0.29) is 5.54 Å². The average molecular weight is 274 g/mol. The molecule has 0 amide bonds. The van der Waals surface area contributed by atoms with E-state index < -0.39 is 0 Å². The molecule has 0 heterocycles. The van der Waals surface area contributed by atoms with Crippen molar-refractivity contribution in [2.24, 2.45) is 17.6 Å². The first-order chi connectivity index (χ1) is 9.80. The summed E-state index contributed by atoms with van der Waals surface area (Å²) >= 11 is 0. The summed E-state index contributed by atoms with van der Waals surface area (Å²) in [4.78, 5) is 0. The van der Waals surface area contributed by atoms with Gasteiger partial charge >= 0.3 is 0 Å². The maximum atomic E-state index is 6.24. The summed E-state index contributed by atoms with van der Waals surface area (Å²) in [5, 5.41) is 3.77. The summed E-state index contributed by atoms with van der Waals surface area (Å²) in [6.07, 6.45) is 4.94. The monoisotopic (exact) mass is 274 g/mol. The normalized spacial score (nSPS) is 31.9. The molecule has 1 aromatic carbocycles. The average Bonchev–Trinajstić information content (AvgIpc) is 2.71. The van der Waals surface area contributed by atoms with Crippen LogP contribution in [0.15, 0.2) is 24.3 Å². The van der Waals surface area contributed by atoms with Gasteiger partial charge in [-0.25, -0.2) is 0 Å². The molecule has 2 atom stereocenters. The number of methoxy groups -OCH3 is 1. The van der Waals surface area contributed by atoms with Crippen LogP contribution in [0.25, 0.3) is 0 Å². The second kappa shape index (κ2) is 5.84. The molecule has 2 aliphatic rings. The van der Waals surface area contributed by atoms with Gasteiger partial charge in [-0.2, -0.15) is 0 Å². The minimum absolute atomic E-state index is 0.109. The Morgan fingerprint density at radius 2 is 1.80 bits per heavy atom. The predicted molar refractivity (Wildman–Crippen MR) is 81.7 cm³/mol. The second-order valence-electron chi connectivity index (χ2n) is 6.31. The predicted octanol–water partition coefficient (Wildman–Crippen LogP) is 1.74. The van der Waals surface area contributed by atoms with Crippen LogP contribution < -0.4 is 11.1 Å². The van der Waals surface area contributed by atoms with Crippen molar-refractivity contribution < 1.29 is 4.74 Å². The van der Waals surface area contributed by atoms with Crippen molar-refractivity contribution in [1.29, 1.82) is 0 Å². The lowest BCUT2D eigenvalue weighted by Crippen LogP contribution is -2.59. The number of ether oxygens (including phenoxy) is 1. The molecule has 110 valence electrons. The van der Waals surface area contributed by atoms with Gasteiger partial charge in [0, 0.05) is 25.7 Å². The molecule has 2 unspecified atom stereocenters. The van der Waals surface area contributed by atoms with Crippen molar-refractivity contribution in [3.8, 4) is 0 Å². The van der Waals surface area contributed by atoms with E-state index in [9.17, 15) is 0 Å². The molecule has 1 fully saturated rings. The van der Waals surface area contributed by atoms with Gasteiger partial charge in [0.25, 0.3) is 0 Å². The molecule has 3 heteroatoms. The van der Waals surface area contributed by atoms with Crippen LogP contribution in [0.1, 0.15) is 24.0 Å². The van der Waals surface area contributed by atoms with Crippen LogP contribution in [0, 0.1) is 11.8 Å². The van der Waals surface area contributed by atoms with Crippen molar-refractivity contribution in [2.45, 2.75) is 31.2 Å². The SMILES string of the molecule is COCCNC1(CN)C2CCC1Cc1ccccc1C2. The third-order valence-corrected chi connectivity index (χ3v) is 5.47. The Labute approximate surface area is 121 Å². The Bertz CT molecular complexity index is 427. The molecular formula is C17H26N2O. The highest BCUT2D eigenvalue weighted by molar-refractivity contribution is 5.32. The van der Waals surface area contributed by atoms with Crippen LogP contribution in [0.4, 0.5) is 0 Å². The van der Waals surface area contributed by atoms with E-state index in [1.807, 2.05) is 0 Å². The van der Waals surface area contributed by atoms with E-state index in [0.717, 1.165) is 19.7 Å². The number of benzene rings is 1. The Balaban J connectivity index is 1.86. The van der Waals surface area contributed by atoms with Crippen LogP contribution in [0.2, 0.25) is 0 Å². The van der Waals surface area contributed by atoms with Crippen molar-refractivity contribution in [1.82, 2.24) is 5.32 Å². The molecule has 1 aromatic rings. The summed E-state index contributed by atoms with van der Waals surface area (Å²) < 4.78 is 5.20. The second-order valence-corrected chi connectivity index (χ2v) is 6.31. The van der Waals surface area contributed by atoms with Crippen molar-refractivity contribution in [2.75, 3.05) is 26.8 Å². The Morgan fingerprint density at radius 1 is 1.20 bits per heavy atom. The fraction of sp³-hybridized carbons (Fsp3) is 0.647. The van der Waals surface area contributed by atoms with Gasteiger partial charge in [-0.15, -0.1) is 0 Å². The highest BCUT2D eigenvalue weighted by Gasteiger charge is 2.50. The third-order valence-electron chi connectivity index (χ3n) is 5.47. The van der Waals surface area contributed by atoms with Crippen LogP contribution in [-0.4, -0.2) is 32.3 Å². The maximum absolute atomic E-state index is 6.24. The molecule has 0 radical (unpaired) electrons. The largest absolute Gasteiger partial charge is 0.383 e. The standard InChI is InChI=1S/C17H26N2O/c1-20-9-8-19-17(12-18)15-6-7-16(17)11-14-5-3-2-4-13(14)10-15/h2-5,15-16,19H,6-12,18H2,1H3. The van der Waals surface area contributed by atoms with Gasteiger partial charge in [-0.3, -0.25) is 0 Å². The molecule has 3 rings (SSSR count). The Kier molecular flexibility index (Phi) is 4.11. The van der Waals surface area contributed by atoms with Gasteiger partial charge in [0.05, 0.1) is 6.61 Å². The van der Waals surface area contributed by atoms with E-state index in [2.05, 4.69) is 29.6 Å². The minimum atomic E-state index is 0.109. The number of hydrogen-bond acceptors (Lipinski definition) is 3. The molecule has 0 aliphatic heterocycles. The number of hydrogen-bond donors (Lipinski definition) is 2. The maximum Gasteiger partial charge on any atom is 0.0587 e. The molecule has 0 aromatic heterocycles. The fourth-order valence-corrected chi connectivity index (χ4v) is 4.39. The van der Waals surface area contributed by atoms with E-state index in [1.54, 1.807) is 7.11 Å². The Hall–Kier alpha value is -0.900. The molecule has 20 heavy (non-hydrogen) atoms. The van der Waals surface area contributed by atoms with Crippen LogP contribution >= 0.6 is 0 Å². The van der Waals surface area contributed by atoms with E-state index >= 15 is 0 Å². The number of fused-ring (bicyclic) bond motifs is 3. The van der Waals surface area contributed by atoms with Crippen molar-refractivity contribution in [3.63, 3.8) is 0 Å². The van der Waals surface area contributed by atoms with E-state index in [0.29, 0.717) is 11.8 Å². The molecule has 3 nitrogen and oxygen atoms in total. The quantitative estimate of drug-likeness (QED) is 0.804. The van der Waals surface area contributed by atoms with E-state index in [1.165, 1.54) is 36.8 Å². The first kappa shape index (κ1) is 14.1. The van der Waals surface area contributed by atoms with Crippen molar-refractivity contribution in [3.05, 3.63) is 35.4 Å². The van der Waals surface area contributed by atoms with E-state index in [4.69, 9.17) is 10.5 Å². The van der Waals surface area contributed by atoms with Gasteiger partial charge in [-0.1, -0.05) is 24.3 Å². The molecule has 3 N–H and O–H groups in total. The number of nitrogens with one attached hydrogen (secondary N) is 1. The first-order valence-electron chi connectivity index (χ1n) is 7.81. The fourth-order valence-electron chi connectivity index (χ4n) is 4.39. The summed E-state index contributed by atoms with van der Waals surface area (Å²) in [6, 6.07) is 8.93. The van der Waals surface area contributed by atoms with Gasteiger partial charge in [0.2, 0.25) is 0 Å². The van der Waals surface area contributed by atoms with Gasteiger partial charge < -0.3 is 15.8 Å². The third kappa shape index (κ3) is 2.28. The number of rotatable bonds is 5. The molecule has 2 aliphatic carbocycles. The first-order valence-corrected chi connectivity index (χ1v) is 7.81. The molecule has 0 saturated heterocycles. The zero-order valence-corrected chi connectivity index (χ0v) is 12.4. The highest BCUT2D eigenvalue weighted by atomic mass is 16.5. The minimum Gasteiger partial charge on any atom is -0.383 e. The van der Waals surface area contributed by atoms with Crippen LogP contribution in [-0.2, 0) is 17.6 Å². The van der Waals surface area contributed by atoms with Gasteiger partial charge in [0.1, 0.15) is 0 Å². The lowest BCUT2D eigenvalue weighted by Gasteiger charge is -2.39. The summed E-state index contributed by atoms with van der Waals surface area (Å²) in [5.74, 6) is 1.33. The lowest BCUT2D eigenvalue weighted by molar-refractivity contribution is 0.151. The zero-order valence-electron chi connectivity index (χ0n) is 12.4. The van der Waals surface area contributed by atoms with Gasteiger partial charge in [-0.05, 0) is 48.6 Å².